The van der Waals surface area contributed by atoms with Crippen LogP contribution in [-0.4, -0.2) is 10.1 Å². The van der Waals surface area contributed by atoms with Crippen LogP contribution in [0.25, 0.3) is 10.9 Å². The van der Waals surface area contributed by atoms with E-state index in [9.17, 15) is 5.11 Å². The fraction of sp³-hybridized carbons (Fsp3) is 0.0588. The molecule has 0 fully saturated rings. The third-order valence-electron chi connectivity index (χ3n) is 3.68. The van der Waals surface area contributed by atoms with Crippen LogP contribution >= 0.6 is 22.7 Å². The van der Waals surface area contributed by atoms with Gasteiger partial charge >= 0.3 is 0 Å². The number of thiazole rings is 1. The number of phenols is 1. The van der Waals surface area contributed by atoms with Crippen LogP contribution in [0, 0.1) is 0 Å². The lowest BCUT2D eigenvalue weighted by Gasteiger charge is -2.18. The summed E-state index contributed by atoms with van der Waals surface area (Å²) in [5.74, 6) is 0.269. The van der Waals surface area contributed by atoms with Crippen LogP contribution in [0.3, 0.4) is 0 Å². The zero-order valence-electron chi connectivity index (χ0n) is 12.1. The number of hydrogen-bond acceptors (Lipinski definition) is 5. The molecule has 3 aromatic heterocycles. The molecule has 23 heavy (non-hydrogen) atoms. The lowest BCUT2D eigenvalue weighted by atomic mass is 10.0. The molecule has 4 nitrogen and oxygen atoms in total. The van der Waals surface area contributed by atoms with Gasteiger partial charge in [0.05, 0.1) is 11.4 Å². The van der Waals surface area contributed by atoms with Gasteiger partial charge in [-0.2, -0.15) is 0 Å². The predicted molar refractivity (Wildman–Crippen MR) is 94.1 cm³/mol. The number of anilines is 1. The van der Waals surface area contributed by atoms with Gasteiger partial charge in [0, 0.05) is 28.1 Å². The summed E-state index contributed by atoms with van der Waals surface area (Å²) in [7, 11) is 0. The molecule has 0 amide bonds. The topological polar surface area (TPSA) is 59.3 Å². The molecule has 0 saturated heterocycles. The van der Waals surface area contributed by atoms with Crippen LogP contribution in [0.4, 0.5) is 5.13 Å². The number of aromatic amines is 1. The van der Waals surface area contributed by atoms with Gasteiger partial charge in [-0.3, -0.25) is 0 Å². The minimum Gasteiger partial charge on any atom is -0.502 e. The first kappa shape index (κ1) is 14.2. The molecular formula is C17H14N3OS2+. The first-order valence-electron chi connectivity index (χ1n) is 7.14. The lowest BCUT2D eigenvalue weighted by molar-refractivity contribution is -0.345. The second kappa shape index (κ2) is 5.98. The zero-order valence-corrected chi connectivity index (χ0v) is 13.7. The Morgan fingerprint density at radius 1 is 1.09 bits per heavy atom. The van der Waals surface area contributed by atoms with Crippen LogP contribution < -0.4 is 10.3 Å². The second-order valence-corrected chi connectivity index (χ2v) is 6.94. The molecule has 0 aliphatic rings. The maximum absolute atomic E-state index is 10.8. The fourth-order valence-corrected chi connectivity index (χ4v) is 3.96. The zero-order chi connectivity index (χ0) is 15.6. The molecule has 4 rings (SSSR count). The molecule has 1 unspecified atom stereocenters. The van der Waals surface area contributed by atoms with Crippen LogP contribution in [0.15, 0.2) is 59.6 Å². The number of nitrogens with zero attached hydrogens (tertiary/aromatic N) is 1. The number of phenolic OH excluding ortho intramolecular Hbond substituents is 1. The smallest absolute Gasteiger partial charge is 0.253 e. The standard InChI is InChI=1S/C17H13N3OS2/c21-16-12(6-5-11-3-1-7-18-14(11)16)15(13-4-2-9-22-13)20-17-19-8-10-23-17/h1-10,15,21H,(H,19,20)/p+1. The number of fused-ring (bicyclic) bond motifs is 1. The number of rotatable bonds is 4. The Hall–Kier alpha value is -2.44. The lowest BCUT2D eigenvalue weighted by Crippen LogP contribution is -2.12. The van der Waals surface area contributed by atoms with Crippen LogP contribution in [0.1, 0.15) is 16.5 Å². The highest BCUT2D eigenvalue weighted by Crippen LogP contribution is 2.37. The van der Waals surface area contributed by atoms with E-state index < -0.39 is 0 Å². The molecule has 1 aromatic carbocycles. The molecule has 0 saturated carbocycles. The first-order valence-corrected chi connectivity index (χ1v) is 8.90. The SMILES string of the molecule is Oc1c(C(Nc2nccs2)c2cccs2)ccc2ccc[nH+]c12. The summed E-state index contributed by atoms with van der Waals surface area (Å²) in [6.07, 6.45) is 3.59. The van der Waals surface area contributed by atoms with Gasteiger partial charge in [-0.15, -0.1) is 22.7 Å². The predicted octanol–water partition coefficient (Wildman–Crippen LogP) is 4.08. The average Bonchev–Trinajstić information content (AvgIpc) is 3.27. The molecule has 3 heterocycles. The molecular weight excluding hydrogens is 326 g/mol. The highest BCUT2D eigenvalue weighted by molar-refractivity contribution is 7.13. The monoisotopic (exact) mass is 340 g/mol. The van der Waals surface area contributed by atoms with Gasteiger partial charge in [-0.05, 0) is 23.6 Å². The summed E-state index contributed by atoms with van der Waals surface area (Å²) in [4.78, 5) is 8.57. The summed E-state index contributed by atoms with van der Waals surface area (Å²) in [5.41, 5.74) is 1.57. The maximum Gasteiger partial charge on any atom is 0.253 e. The van der Waals surface area contributed by atoms with Gasteiger partial charge in [0.1, 0.15) is 0 Å². The van der Waals surface area contributed by atoms with Gasteiger partial charge < -0.3 is 10.4 Å². The summed E-state index contributed by atoms with van der Waals surface area (Å²) >= 11 is 3.20. The Morgan fingerprint density at radius 2 is 2.04 bits per heavy atom. The second-order valence-electron chi connectivity index (χ2n) is 5.07. The fourth-order valence-electron chi connectivity index (χ4n) is 2.61. The number of H-pyrrole nitrogens is 1. The van der Waals surface area contributed by atoms with Gasteiger partial charge in [0.2, 0.25) is 0 Å². The molecule has 0 bridgehead atoms. The van der Waals surface area contributed by atoms with Crippen LogP contribution in [0.2, 0.25) is 0 Å². The Labute approximate surface area is 141 Å². The van der Waals surface area contributed by atoms with E-state index >= 15 is 0 Å². The van der Waals surface area contributed by atoms with Crippen LogP contribution in [0.5, 0.6) is 5.75 Å². The number of hydrogen-bond donors (Lipinski definition) is 2. The van der Waals surface area contributed by atoms with Crippen molar-refractivity contribution in [2.75, 3.05) is 5.32 Å². The number of aromatic nitrogens is 2. The Kier molecular flexibility index (Phi) is 3.69. The van der Waals surface area contributed by atoms with E-state index in [1.807, 2.05) is 47.3 Å². The average molecular weight is 340 g/mol. The van der Waals surface area contributed by atoms with Crippen molar-refractivity contribution < 1.29 is 10.1 Å². The highest BCUT2D eigenvalue weighted by atomic mass is 32.1. The molecule has 114 valence electrons. The van der Waals surface area contributed by atoms with Crippen LogP contribution in [-0.2, 0) is 0 Å². The molecule has 0 radical (unpaired) electrons. The van der Waals surface area contributed by atoms with Crippen molar-refractivity contribution in [3.63, 3.8) is 0 Å². The van der Waals surface area contributed by atoms with Crippen molar-refractivity contribution in [3.8, 4) is 5.75 Å². The van der Waals surface area contributed by atoms with Crippen molar-refractivity contribution >= 4 is 38.7 Å². The number of pyridine rings is 1. The molecule has 0 spiro atoms. The summed E-state index contributed by atoms with van der Waals surface area (Å²) in [5, 5.41) is 20.0. The molecule has 6 heteroatoms. The van der Waals surface area contributed by atoms with Crippen molar-refractivity contribution in [2.24, 2.45) is 0 Å². The van der Waals surface area contributed by atoms with E-state index in [0.717, 1.165) is 26.5 Å². The van der Waals surface area contributed by atoms with Gasteiger partial charge in [0.25, 0.3) is 5.52 Å². The molecule has 1 atom stereocenters. The van der Waals surface area contributed by atoms with E-state index in [1.54, 1.807) is 28.9 Å². The minimum absolute atomic E-state index is 0.140. The maximum atomic E-state index is 10.8. The third-order valence-corrected chi connectivity index (χ3v) is 5.32. The Morgan fingerprint density at radius 3 is 2.83 bits per heavy atom. The Balaban J connectivity index is 1.84. The number of benzene rings is 1. The van der Waals surface area contributed by atoms with E-state index in [-0.39, 0.29) is 11.8 Å². The van der Waals surface area contributed by atoms with E-state index in [2.05, 4.69) is 21.4 Å². The van der Waals surface area contributed by atoms with Crippen molar-refractivity contribution in [3.05, 3.63) is 70.0 Å². The van der Waals surface area contributed by atoms with Crippen molar-refractivity contribution in [1.29, 1.82) is 0 Å². The minimum atomic E-state index is -0.140. The number of nitrogens with one attached hydrogen (secondary N) is 2. The van der Waals surface area contributed by atoms with E-state index in [4.69, 9.17) is 0 Å². The van der Waals surface area contributed by atoms with Gasteiger partial charge in [-0.25, -0.2) is 9.97 Å². The van der Waals surface area contributed by atoms with Crippen molar-refractivity contribution in [1.82, 2.24) is 4.98 Å². The molecule has 4 aromatic rings. The number of aromatic hydroxyl groups is 1. The normalized spacial score (nSPS) is 12.3. The largest absolute Gasteiger partial charge is 0.502 e. The summed E-state index contributed by atoms with van der Waals surface area (Å²) in [6, 6.07) is 11.8. The first-order chi connectivity index (χ1) is 11.3. The summed E-state index contributed by atoms with van der Waals surface area (Å²) in [6.45, 7) is 0. The number of thiophene rings is 1. The van der Waals surface area contributed by atoms with E-state index in [0.29, 0.717) is 0 Å². The van der Waals surface area contributed by atoms with Gasteiger partial charge in [-0.1, -0.05) is 12.1 Å². The Bertz CT molecular complexity index is 920. The highest BCUT2D eigenvalue weighted by Gasteiger charge is 2.23. The van der Waals surface area contributed by atoms with Crippen molar-refractivity contribution in [2.45, 2.75) is 6.04 Å². The molecule has 0 aliphatic heterocycles. The third kappa shape index (κ3) is 2.67. The molecule has 3 N–H and O–H groups in total. The summed E-state index contributed by atoms with van der Waals surface area (Å²) < 4.78 is 0. The van der Waals surface area contributed by atoms with E-state index in [1.165, 1.54) is 0 Å². The molecule has 0 aliphatic carbocycles. The van der Waals surface area contributed by atoms with Gasteiger partial charge in [0.15, 0.2) is 17.1 Å². The quantitative estimate of drug-likeness (QED) is 0.588.